The molecule has 1 N–H and O–H groups in total. The highest BCUT2D eigenvalue weighted by Gasteiger charge is 1.73. The van der Waals surface area contributed by atoms with Gasteiger partial charge in [-0.3, -0.25) is 4.79 Å². The van der Waals surface area contributed by atoms with Crippen molar-refractivity contribution < 1.29 is 19.4 Å². The van der Waals surface area contributed by atoms with E-state index < -0.39 is 0 Å². The Morgan fingerprint density at radius 3 is 1.67 bits per heavy atom. The van der Waals surface area contributed by atoms with Crippen LogP contribution in [-0.2, 0) is 14.3 Å². The number of hydrogen-bond acceptors (Lipinski definition) is 3. The van der Waals surface area contributed by atoms with Gasteiger partial charge in [0.15, 0.2) is 0 Å². The maximum absolute atomic E-state index is 8.36. The molecule has 0 atom stereocenters. The topological polar surface area (TPSA) is 55.8 Å². The minimum Gasteiger partial charge on any atom is -0.483 e. The van der Waals surface area contributed by atoms with Crippen LogP contribution in [0.25, 0.3) is 0 Å². The molecule has 56 valence electrons. The van der Waals surface area contributed by atoms with Crippen LogP contribution in [0.1, 0.15) is 0 Å². The highest BCUT2D eigenvalue weighted by molar-refractivity contribution is 5.32. The molecule has 0 aliphatic rings. The van der Waals surface area contributed by atoms with Crippen LogP contribution in [0.2, 0.25) is 0 Å². The molecule has 0 aromatic carbocycles. The van der Waals surface area contributed by atoms with E-state index in [1.165, 1.54) is 0 Å². The molecule has 0 aliphatic carbocycles. The van der Waals surface area contributed by atoms with Gasteiger partial charge < -0.3 is 14.6 Å². The van der Waals surface area contributed by atoms with Gasteiger partial charge in [-0.15, -0.1) is 0 Å². The summed E-state index contributed by atoms with van der Waals surface area (Å²) >= 11 is 0. The lowest BCUT2D eigenvalue weighted by atomic mass is 10.8. The lowest BCUT2D eigenvalue weighted by Crippen LogP contribution is -1.96. The minimum atomic E-state index is -0.250. The second-order valence-electron chi connectivity index (χ2n) is 1.09. The Kier molecular flexibility index (Phi) is 19.5. The normalized spacial score (nSPS) is 7.33. The van der Waals surface area contributed by atoms with Gasteiger partial charge in [-0.1, -0.05) is 0 Å². The first-order chi connectivity index (χ1) is 4.33. The summed E-state index contributed by atoms with van der Waals surface area (Å²) in [6, 6.07) is 0. The zero-order valence-corrected chi connectivity index (χ0v) is 5.66. The number of methoxy groups -OCH3 is 2. The summed E-state index contributed by atoms with van der Waals surface area (Å²) in [4.78, 5) is 8.36. The van der Waals surface area contributed by atoms with E-state index in [0.717, 1.165) is 0 Å². The largest absolute Gasteiger partial charge is 0.483 e. The van der Waals surface area contributed by atoms with E-state index in [1.54, 1.807) is 14.2 Å². The third kappa shape index (κ3) is 37.6. The monoisotopic (exact) mass is 136 g/mol. The van der Waals surface area contributed by atoms with E-state index in [2.05, 4.69) is 9.47 Å². The molecule has 9 heavy (non-hydrogen) atoms. The molecule has 0 amide bonds. The second kappa shape index (κ2) is 15.7. The Bertz CT molecular complexity index is 42.2. The van der Waals surface area contributed by atoms with Gasteiger partial charge >= 0.3 is 0 Å². The lowest BCUT2D eigenvalue weighted by molar-refractivity contribution is -0.122. The fourth-order valence-corrected chi connectivity index (χ4v) is 0.167. The fourth-order valence-electron chi connectivity index (χ4n) is 0.167. The Labute approximate surface area is 54.4 Å². The fraction of sp³-hybridized carbons (Fsp3) is 0.800. The van der Waals surface area contributed by atoms with Crippen LogP contribution in [-0.4, -0.2) is 39.0 Å². The summed E-state index contributed by atoms with van der Waals surface area (Å²) < 4.78 is 9.31. The first-order valence-electron chi connectivity index (χ1n) is 2.39. The molecule has 0 radical (unpaired) electrons. The third-order valence-corrected chi connectivity index (χ3v) is 0.492. The highest BCUT2D eigenvalue weighted by atomic mass is 16.5. The van der Waals surface area contributed by atoms with Crippen molar-refractivity contribution in [1.82, 2.24) is 0 Å². The van der Waals surface area contributed by atoms with Gasteiger partial charge in [-0.25, -0.2) is 0 Å². The first kappa shape index (κ1) is 11.2. The van der Waals surface area contributed by atoms with Crippen LogP contribution < -0.4 is 0 Å². The molecule has 0 saturated heterocycles. The van der Waals surface area contributed by atoms with E-state index >= 15 is 0 Å². The molecule has 0 bridgehead atoms. The van der Waals surface area contributed by atoms with Gasteiger partial charge in [0.1, 0.15) is 0 Å². The SMILES string of the molecule is COCCOC.O=CO. The Morgan fingerprint density at radius 2 is 1.56 bits per heavy atom. The van der Waals surface area contributed by atoms with Crippen LogP contribution in [0.15, 0.2) is 0 Å². The quantitative estimate of drug-likeness (QED) is 0.437. The summed E-state index contributed by atoms with van der Waals surface area (Å²) in [7, 11) is 3.30. The summed E-state index contributed by atoms with van der Waals surface area (Å²) in [6.07, 6.45) is 0. The molecule has 0 aliphatic heterocycles. The zero-order valence-electron chi connectivity index (χ0n) is 5.66. The average Bonchev–Trinajstić information content (AvgIpc) is 1.86. The van der Waals surface area contributed by atoms with Gasteiger partial charge in [0, 0.05) is 14.2 Å². The van der Waals surface area contributed by atoms with Gasteiger partial charge in [-0.2, -0.15) is 0 Å². The maximum Gasteiger partial charge on any atom is 0.290 e. The van der Waals surface area contributed by atoms with E-state index in [1.807, 2.05) is 0 Å². The van der Waals surface area contributed by atoms with Crippen LogP contribution in [0.3, 0.4) is 0 Å². The molecule has 0 unspecified atom stereocenters. The number of ether oxygens (including phenoxy) is 2. The van der Waals surface area contributed by atoms with Crippen molar-refractivity contribution in [3.8, 4) is 0 Å². The molecule has 0 aromatic rings. The second-order valence-corrected chi connectivity index (χ2v) is 1.09. The summed E-state index contributed by atoms with van der Waals surface area (Å²) in [6.45, 7) is 1.13. The van der Waals surface area contributed by atoms with Crippen molar-refractivity contribution in [2.75, 3.05) is 27.4 Å². The molecular weight excluding hydrogens is 124 g/mol. The number of hydrogen-bond donors (Lipinski definition) is 1. The van der Waals surface area contributed by atoms with Crippen molar-refractivity contribution >= 4 is 6.47 Å². The van der Waals surface area contributed by atoms with Crippen molar-refractivity contribution in [2.45, 2.75) is 0 Å². The summed E-state index contributed by atoms with van der Waals surface area (Å²) in [5.41, 5.74) is 0. The van der Waals surface area contributed by atoms with Crippen LogP contribution in [0, 0.1) is 0 Å². The first-order valence-corrected chi connectivity index (χ1v) is 2.39. The molecule has 0 heterocycles. The van der Waals surface area contributed by atoms with E-state index in [4.69, 9.17) is 9.90 Å². The third-order valence-electron chi connectivity index (χ3n) is 0.492. The van der Waals surface area contributed by atoms with E-state index in [-0.39, 0.29) is 6.47 Å². The van der Waals surface area contributed by atoms with Crippen LogP contribution >= 0.6 is 0 Å². The molecule has 0 spiro atoms. The summed E-state index contributed by atoms with van der Waals surface area (Å²) in [5.74, 6) is 0. The van der Waals surface area contributed by atoms with Gasteiger partial charge in [0.25, 0.3) is 6.47 Å². The average molecular weight is 136 g/mol. The molecule has 0 saturated carbocycles. The zero-order chi connectivity index (χ0) is 7.54. The van der Waals surface area contributed by atoms with Crippen LogP contribution in [0.5, 0.6) is 0 Å². The molecule has 0 rings (SSSR count). The predicted molar refractivity (Wildman–Crippen MR) is 32.4 cm³/mol. The van der Waals surface area contributed by atoms with Gasteiger partial charge in [-0.05, 0) is 0 Å². The highest BCUT2D eigenvalue weighted by Crippen LogP contribution is 1.65. The Hall–Kier alpha value is -0.610. The molecule has 0 fully saturated rings. The Morgan fingerprint density at radius 1 is 1.33 bits per heavy atom. The number of carbonyl (C=O) groups is 1. The smallest absolute Gasteiger partial charge is 0.290 e. The lowest BCUT2D eigenvalue weighted by Gasteiger charge is -1.91. The summed E-state index contributed by atoms with van der Waals surface area (Å²) in [5, 5.41) is 6.89. The van der Waals surface area contributed by atoms with Crippen molar-refractivity contribution in [3.05, 3.63) is 0 Å². The number of carboxylic acid groups (broad SMARTS) is 1. The molecular formula is C5H12O4. The van der Waals surface area contributed by atoms with Crippen molar-refractivity contribution in [2.24, 2.45) is 0 Å². The molecule has 4 heteroatoms. The molecule has 4 nitrogen and oxygen atoms in total. The van der Waals surface area contributed by atoms with Crippen LogP contribution in [0.4, 0.5) is 0 Å². The van der Waals surface area contributed by atoms with E-state index in [0.29, 0.717) is 13.2 Å². The Balaban J connectivity index is 0. The van der Waals surface area contributed by atoms with Gasteiger partial charge in [0.2, 0.25) is 0 Å². The molecule has 0 aromatic heterocycles. The van der Waals surface area contributed by atoms with Crippen molar-refractivity contribution in [1.29, 1.82) is 0 Å². The minimum absolute atomic E-state index is 0.250. The number of rotatable bonds is 3. The van der Waals surface area contributed by atoms with Crippen molar-refractivity contribution in [3.63, 3.8) is 0 Å². The standard InChI is InChI=1S/C4H10O2.CH2O2/c1-5-3-4-6-2;2-1-3/h3-4H2,1-2H3;1H,(H,2,3). The van der Waals surface area contributed by atoms with Gasteiger partial charge in [0.05, 0.1) is 13.2 Å². The maximum atomic E-state index is 8.36. The predicted octanol–water partition coefficient (Wildman–Crippen LogP) is -0.0200. The van der Waals surface area contributed by atoms with E-state index in [9.17, 15) is 0 Å².